The highest BCUT2D eigenvalue weighted by molar-refractivity contribution is 5.88. The van der Waals surface area contributed by atoms with Gasteiger partial charge < -0.3 is 9.47 Å². The first-order valence-corrected chi connectivity index (χ1v) is 6.61. The highest BCUT2D eigenvalue weighted by Gasteiger charge is 2.32. The summed E-state index contributed by atoms with van der Waals surface area (Å²) in [5.41, 5.74) is -0.104. The predicted molar refractivity (Wildman–Crippen MR) is 78.9 cm³/mol. The van der Waals surface area contributed by atoms with Gasteiger partial charge in [-0.1, -0.05) is 33.6 Å². The molecule has 0 bridgehead atoms. The second kappa shape index (κ2) is 7.68. The molecule has 0 saturated carbocycles. The van der Waals surface area contributed by atoms with Crippen LogP contribution in [0.3, 0.4) is 0 Å². The van der Waals surface area contributed by atoms with E-state index in [9.17, 15) is 9.59 Å². The summed E-state index contributed by atoms with van der Waals surface area (Å²) in [7, 11) is 0. The molecule has 0 rings (SSSR count). The van der Waals surface area contributed by atoms with E-state index in [0.717, 1.165) is 0 Å². The molecule has 0 amide bonds. The van der Waals surface area contributed by atoms with Gasteiger partial charge in [0, 0.05) is 17.6 Å². The van der Waals surface area contributed by atoms with Gasteiger partial charge in [0.05, 0.1) is 0 Å². The van der Waals surface area contributed by atoms with E-state index in [0.29, 0.717) is 24.0 Å². The van der Waals surface area contributed by atoms with Crippen molar-refractivity contribution in [2.24, 2.45) is 0 Å². The Labute approximate surface area is 121 Å². The SMILES string of the molecule is C=C(CC(CC)(CC)OC(=O)C(=C)C)OC(=O)C(=C)C. The van der Waals surface area contributed by atoms with Crippen LogP contribution in [0.5, 0.6) is 0 Å². The van der Waals surface area contributed by atoms with E-state index in [1.54, 1.807) is 13.8 Å². The van der Waals surface area contributed by atoms with Gasteiger partial charge in [-0.15, -0.1) is 0 Å². The van der Waals surface area contributed by atoms with E-state index < -0.39 is 17.5 Å². The monoisotopic (exact) mass is 280 g/mol. The second-order valence-corrected chi connectivity index (χ2v) is 4.95. The fourth-order valence-corrected chi connectivity index (χ4v) is 1.58. The lowest BCUT2D eigenvalue weighted by molar-refractivity contribution is -0.156. The number of esters is 2. The minimum Gasteiger partial charge on any atom is -0.455 e. The average Bonchev–Trinajstić information content (AvgIpc) is 2.37. The Kier molecular flexibility index (Phi) is 6.97. The normalized spacial score (nSPS) is 10.6. The van der Waals surface area contributed by atoms with Gasteiger partial charge in [-0.2, -0.15) is 0 Å². The lowest BCUT2D eigenvalue weighted by Crippen LogP contribution is -2.35. The zero-order valence-corrected chi connectivity index (χ0v) is 12.9. The van der Waals surface area contributed by atoms with Crippen molar-refractivity contribution >= 4 is 11.9 Å². The smallest absolute Gasteiger partial charge is 0.338 e. The van der Waals surface area contributed by atoms with Crippen molar-refractivity contribution in [3.8, 4) is 0 Å². The average molecular weight is 280 g/mol. The molecule has 0 aliphatic heterocycles. The zero-order chi connectivity index (χ0) is 15.9. The van der Waals surface area contributed by atoms with Crippen LogP contribution in [0.1, 0.15) is 47.0 Å². The zero-order valence-electron chi connectivity index (χ0n) is 12.9. The van der Waals surface area contributed by atoms with Gasteiger partial charge in [-0.05, 0) is 26.7 Å². The molecule has 0 heterocycles. The van der Waals surface area contributed by atoms with Gasteiger partial charge >= 0.3 is 11.9 Å². The number of carbonyl (C=O) groups is 2. The highest BCUT2D eigenvalue weighted by atomic mass is 16.6. The topological polar surface area (TPSA) is 52.6 Å². The van der Waals surface area contributed by atoms with E-state index >= 15 is 0 Å². The molecule has 0 spiro atoms. The Balaban J connectivity index is 4.88. The molecular formula is C16H24O4. The summed E-state index contributed by atoms with van der Waals surface area (Å²) >= 11 is 0. The molecule has 0 aliphatic carbocycles. The first-order chi connectivity index (χ1) is 9.17. The maximum Gasteiger partial charge on any atom is 0.338 e. The molecule has 0 aromatic carbocycles. The van der Waals surface area contributed by atoms with Crippen LogP contribution in [0.2, 0.25) is 0 Å². The maximum atomic E-state index is 11.7. The van der Waals surface area contributed by atoms with Crippen LogP contribution in [0.4, 0.5) is 0 Å². The summed E-state index contributed by atoms with van der Waals surface area (Å²) in [4.78, 5) is 23.2. The molecular weight excluding hydrogens is 256 g/mol. The Morgan fingerprint density at radius 3 is 1.75 bits per heavy atom. The van der Waals surface area contributed by atoms with Crippen LogP contribution < -0.4 is 0 Å². The van der Waals surface area contributed by atoms with Crippen molar-refractivity contribution < 1.29 is 19.1 Å². The number of hydrogen-bond donors (Lipinski definition) is 0. The predicted octanol–water partition coefficient (Wildman–Crippen LogP) is 3.69. The summed E-state index contributed by atoms with van der Waals surface area (Å²) in [6.45, 7) is 17.7. The van der Waals surface area contributed by atoms with Crippen LogP contribution >= 0.6 is 0 Å². The summed E-state index contributed by atoms with van der Waals surface area (Å²) in [6.07, 6.45) is 1.44. The van der Waals surface area contributed by atoms with Crippen molar-refractivity contribution in [1.82, 2.24) is 0 Å². The minimum atomic E-state index is -0.734. The summed E-state index contributed by atoms with van der Waals surface area (Å²) in [5.74, 6) is -0.716. The molecule has 0 radical (unpaired) electrons. The van der Waals surface area contributed by atoms with Crippen LogP contribution in [-0.2, 0) is 19.1 Å². The number of ether oxygens (including phenoxy) is 2. The van der Waals surface area contributed by atoms with Crippen molar-refractivity contribution in [1.29, 1.82) is 0 Å². The Morgan fingerprint density at radius 2 is 1.40 bits per heavy atom. The molecule has 0 atom stereocenters. The molecule has 4 heteroatoms. The van der Waals surface area contributed by atoms with Gasteiger partial charge in [-0.3, -0.25) is 0 Å². The van der Waals surface area contributed by atoms with Gasteiger partial charge in [0.1, 0.15) is 11.4 Å². The van der Waals surface area contributed by atoms with Crippen molar-refractivity contribution in [3.05, 3.63) is 36.6 Å². The highest BCUT2D eigenvalue weighted by Crippen LogP contribution is 2.29. The minimum absolute atomic E-state index is 0.260. The van der Waals surface area contributed by atoms with Gasteiger partial charge in [-0.25, -0.2) is 9.59 Å². The van der Waals surface area contributed by atoms with Crippen LogP contribution in [0.25, 0.3) is 0 Å². The van der Waals surface area contributed by atoms with Crippen molar-refractivity contribution in [2.75, 3.05) is 0 Å². The van der Waals surface area contributed by atoms with Gasteiger partial charge in [0.2, 0.25) is 0 Å². The Hall–Kier alpha value is -1.84. The Morgan fingerprint density at radius 1 is 0.950 bits per heavy atom. The largest absolute Gasteiger partial charge is 0.455 e. The van der Waals surface area contributed by atoms with Crippen LogP contribution in [-0.4, -0.2) is 17.5 Å². The van der Waals surface area contributed by atoms with Crippen molar-refractivity contribution in [2.45, 2.75) is 52.6 Å². The van der Waals surface area contributed by atoms with Gasteiger partial charge in [0.15, 0.2) is 0 Å². The fraction of sp³-hybridized carbons (Fsp3) is 0.500. The van der Waals surface area contributed by atoms with E-state index in [2.05, 4.69) is 19.7 Å². The molecule has 0 N–H and O–H groups in total. The molecule has 0 aromatic rings. The fourth-order valence-electron chi connectivity index (χ4n) is 1.58. The molecule has 20 heavy (non-hydrogen) atoms. The molecule has 4 nitrogen and oxygen atoms in total. The van der Waals surface area contributed by atoms with E-state index in [1.165, 1.54) is 0 Å². The summed E-state index contributed by atoms with van der Waals surface area (Å²) in [6, 6.07) is 0. The lowest BCUT2D eigenvalue weighted by Gasteiger charge is -2.32. The number of hydrogen-bond acceptors (Lipinski definition) is 4. The standard InChI is InChI=1S/C16H24O4/c1-8-16(9-2,20-15(18)12(5)6)10-13(7)19-14(17)11(3)4/h3,5,7-10H2,1-2,4,6H3. The lowest BCUT2D eigenvalue weighted by atomic mass is 9.92. The van der Waals surface area contributed by atoms with Crippen molar-refractivity contribution in [3.63, 3.8) is 0 Å². The second-order valence-electron chi connectivity index (χ2n) is 4.95. The third kappa shape index (κ3) is 5.43. The third-order valence-corrected chi connectivity index (χ3v) is 3.05. The molecule has 0 aromatic heterocycles. The van der Waals surface area contributed by atoms with Crippen LogP contribution in [0, 0.1) is 0 Å². The first kappa shape index (κ1) is 18.2. The third-order valence-electron chi connectivity index (χ3n) is 3.05. The molecule has 112 valence electrons. The maximum absolute atomic E-state index is 11.7. The first-order valence-electron chi connectivity index (χ1n) is 6.61. The molecule has 0 saturated heterocycles. The van der Waals surface area contributed by atoms with Crippen LogP contribution in [0.15, 0.2) is 36.6 Å². The molecule has 0 aliphatic rings. The molecule has 0 fully saturated rings. The van der Waals surface area contributed by atoms with E-state index in [1.807, 2.05) is 13.8 Å². The summed E-state index contributed by atoms with van der Waals surface area (Å²) < 4.78 is 10.6. The van der Waals surface area contributed by atoms with E-state index in [-0.39, 0.29) is 12.2 Å². The molecule has 0 unspecified atom stereocenters. The van der Waals surface area contributed by atoms with E-state index in [4.69, 9.17) is 9.47 Å². The number of rotatable bonds is 8. The number of carbonyl (C=O) groups excluding carboxylic acids is 2. The summed E-state index contributed by atoms with van der Waals surface area (Å²) in [5, 5.41) is 0. The quantitative estimate of drug-likeness (QED) is 0.386. The van der Waals surface area contributed by atoms with Gasteiger partial charge in [0.25, 0.3) is 0 Å². The Bertz CT molecular complexity index is 428.